The first-order valence-corrected chi connectivity index (χ1v) is 11.5. The summed E-state index contributed by atoms with van der Waals surface area (Å²) in [5.74, 6) is 1.49. The van der Waals surface area contributed by atoms with Crippen molar-refractivity contribution in [3.63, 3.8) is 0 Å². The highest BCUT2D eigenvalue weighted by Crippen LogP contribution is 2.24. The predicted molar refractivity (Wildman–Crippen MR) is 138 cm³/mol. The highest BCUT2D eigenvalue weighted by molar-refractivity contribution is 5.99. The number of carbonyl (C=O) groups excluding carboxylic acids is 1. The Kier molecular flexibility index (Phi) is 8.21. The highest BCUT2D eigenvalue weighted by Gasteiger charge is 2.08. The molecule has 0 fully saturated rings. The molecular formula is C27H30N4O4. The molecule has 3 aromatic carbocycles. The molecule has 0 aliphatic heterocycles. The maximum Gasteiger partial charge on any atom is 0.323 e. The Balaban J connectivity index is 1.14. The number of amides is 2. The van der Waals surface area contributed by atoms with Crippen molar-refractivity contribution in [2.75, 3.05) is 37.4 Å². The van der Waals surface area contributed by atoms with Crippen molar-refractivity contribution in [2.24, 2.45) is 0 Å². The van der Waals surface area contributed by atoms with Crippen LogP contribution in [-0.4, -0.2) is 49.0 Å². The molecule has 0 aliphatic carbocycles. The van der Waals surface area contributed by atoms with E-state index in [1.54, 1.807) is 31.4 Å². The van der Waals surface area contributed by atoms with E-state index in [0.717, 1.165) is 40.9 Å². The molecule has 4 aromatic rings. The molecular weight excluding hydrogens is 444 g/mol. The molecule has 1 aromatic heterocycles. The lowest BCUT2D eigenvalue weighted by atomic mass is 10.1. The fourth-order valence-electron chi connectivity index (χ4n) is 3.65. The first-order valence-electron chi connectivity index (χ1n) is 11.5. The lowest BCUT2D eigenvalue weighted by Crippen LogP contribution is -2.32. The zero-order chi connectivity index (χ0) is 24.5. The fourth-order valence-corrected chi connectivity index (χ4v) is 3.65. The van der Waals surface area contributed by atoms with Gasteiger partial charge in [0.2, 0.25) is 0 Å². The van der Waals surface area contributed by atoms with Crippen molar-refractivity contribution in [3.05, 3.63) is 84.6 Å². The topological polar surface area (TPSA) is 108 Å². The van der Waals surface area contributed by atoms with Gasteiger partial charge in [0.1, 0.15) is 24.2 Å². The number of methoxy groups -OCH3 is 1. The average Bonchev–Trinajstić information content (AvgIpc) is 3.36. The lowest BCUT2D eigenvalue weighted by molar-refractivity contribution is 0.107. The normalized spacial score (nSPS) is 11.7. The van der Waals surface area contributed by atoms with E-state index in [-0.39, 0.29) is 12.6 Å². The van der Waals surface area contributed by atoms with Gasteiger partial charge >= 0.3 is 6.03 Å². The van der Waals surface area contributed by atoms with Gasteiger partial charge < -0.3 is 35.5 Å². The molecule has 1 atom stereocenters. The van der Waals surface area contributed by atoms with Crippen LogP contribution in [0.2, 0.25) is 0 Å². The number of hydrogen-bond acceptors (Lipinski definition) is 5. The Morgan fingerprint density at radius 1 is 0.971 bits per heavy atom. The molecule has 0 aliphatic rings. The molecule has 0 bridgehead atoms. The standard InChI is InChI=1S/C27H30N4O4/c1-34-23-11-9-21(10-12-23)31-27(33)30-20-7-5-19(6-8-20)13-15-28-17-22(32)18-35-26-4-2-3-25-24(26)14-16-29-25/h2-12,14,16,22,28-29,32H,13,15,17-18H2,1H3,(H2,30,31,33)/t22-/m0/s1. The molecule has 5 N–H and O–H groups in total. The van der Waals surface area contributed by atoms with Crippen molar-refractivity contribution in [2.45, 2.75) is 12.5 Å². The van der Waals surface area contributed by atoms with Crippen LogP contribution < -0.4 is 25.4 Å². The van der Waals surface area contributed by atoms with Crippen LogP contribution in [0.4, 0.5) is 16.2 Å². The maximum absolute atomic E-state index is 12.2. The van der Waals surface area contributed by atoms with Gasteiger partial charge in [-0.15, -0.1) is 0 Å². The predicted octanol–water partition coefficient (Wildman–Crippen LogP) is 4.39. The van der Waals surface area contributed by atoms with Crippen LogP contribution in [0.1, 0.15) is 5.56 Å². The Bertz CT molecular complexity index is 1220. The van der Waals surface area contributed by atoms with Gasteiger partial charge in [-0.1, -0.05) is 18.2 Å². The Morgan fingerprint density at radius 3 is 2.40 bits per heavy atom. The van der Waals surface area contributed by atoms with E-state index in [2.05, 4.69) is 20.9 Å². The van der Waals surface area contributed by atoms with E-state index in [1.165, 1.54) is 0 Å². The summed E-state index contributed by atoms with van der Waals surface area (Å²) in [5, 5.41) is 20.1. The summed E-state index contributed by atoms with van der Waals surface area (Å²) >= 11 is 0. The van der Waals surface area contributed by atoms with Crippen molar-refractivity contribution < 1.29 is 19.4 Å². The number of fused-ring (bicyclic) bond motifs is 1. The summed E-state index contributed by atoms with van der Waals surface area (Å²) < 4.78 is 10.9. The van der Waals surface area contributed by atoms with Crippen molar-refractivity contribution >= 4 is 28.3 Å². The second-order valence-corrected chi connectivity index (χ2v) is 8.12. The molecule has 0 saturated carbocycles. The minimum absolute atomic E-state index is 0.219. The van der Waals surface area contributed by atoms with Crippen molar-refractivity contribution in [1.29, 1.82) is 0 Å². The molecule has 4 rings (SSSR count). The largest absolute Gasteiger partial charge is 0.497 e. The van der Waals surface area contributed by atoms with Crippen LogP contribution in [0.3, 0.4) is 0 Å². The van der Waals surface area contributed by atoms with Crippen LogP contribution in [0.15, 0.2) is 79.0 Å². The minimum Gasteiger partial charge on any atom is -0.497 e. The summed E-state index contributed by atoms with van der Waals surface area (Å²) in [4.78, 5) is 15.3. The summed E-state index contributed by atoms with van der Waals surface area (Å²) in [6.07, 6.45) is 2.06. The van der Waals surface area contributed by atoms with Crippen LogP contribution in [0.25, 0.3) is 10.9 Å². The number of benzene rings is 3. The Hall–Kier alpha value is -4.01. The zero-order valence-electron chi connectivity index (χ0n) is 19.6. The van der Waals surface area contributed by atoms with Gasteiger partial charge in [-0.05, 0) is 73.1 Å². The van der Waals surface area contributed by atoms with E-state index in [1.807, 2.05) is 54.7 Å². The quantitative estimate of drug-likeness (QED) is 0.207. The minimum atomic E-state index is -0.611. The number of hydrogen-bond donors (Lipinski definition) is 5. The Morgan fingerprint density at radius 2 is 1.69 bits per heavy atom. The summed E-state index contributed by atoms with van der Waals surface area (Å²) in [5.41, 5.74) is 3.52. The maximum atomic E-state index is 12.2. The number of aromatic amines is 1. The van der Waals surface area contributed by atoms with E-state index < -0.39 is 6.10 Å². The molecule has 35 heavy (non-hydrogen) atoms. The van der Waals surface area contributed by atoms with Gasteiger partial charge in [-0.25, -0.2) is 4.79 Å². The monoisotopic (exact) mass is 474 g/mol. The van der Waals surface area contributed by atoms with Crippen LogP contribution in [-0.2, 0) is 6.42 Å². The molecule has 8 heteroatoms. The number of aliphatic hydroxyl groups is 1. The highest BCUT2D eigenvalue weighted by atomic mass is 16.5. The Labute approximate surface area is 204 Å². The molecule has 0 spiro atoms. The summed E-state index contributed by atoms with van der Waals surface area (Å²) in [7, 11) is 1.60. The number of carbonyl (C=O) groups is 1. The molecule has 8 nitrogen and oxygen atoms in total. The number of ether oxygens (including phenoxy) is 2. The zero-order valence-corrected chi connectivity index (χ0v) is 19.6. The third-order valence-corrected chi connectivity index (χ3v) is 5.52. The number of urea groups is 1. The molecule has 2 amide bonds. The van der Waals surface area contributed by atoms with Gasteiger partial charge in [-0.3, -0.25) is 0 Å². The van der Waals surface area contributed by atoms with E-state index in [0.29, 0.717) is 17.9 Å². The van der Waals surface area contributed by atoms with Crippen LogP contribution >= 0.6 is 0 Å². The van der Waals surface area contributed by atoms with E-state index >= 15 is 0 Å². The number of aliphatic hydroxyl groups excluding tert-OH is 1. The number of H-pyrrole nitrogens is 1. The molecule has 0 saturated heterocycles. The molecule has 0 radical (unpaired) electrons. The van der Waals surface area contributed by atoms with E-state index in [9.17, 15) is 9.90 Å². The van der Waals surface area contributed by atoms with Crippen LogP contribution in [0.5, 0.6) is 11.5 Å². The number of nitrogens with one attached hydrogen (secondary N) is 4. The summed E-state index contributed by atoms with van der Waals surface area (Å²) in [6.45, 7) is 1.37. The number of anilines is 2. The smallest absolute Gasteiger partial charge is 0.323 e. The molecule has 1 heterocycles. The van der Waals surface area contributed by atoms with E-state index in [4.69, 9.17) is 9.47 Å². The average molecular weight is 475 g/mol. The molecule has 0 unspecified atom stereocenters. The van der Waals surface area contributed by atoms with Crippen molar-refractivity contribution in [3.8, 4) is 11.5 Å². The van der Waals surface area contributed by atoms with Gasteiger partial charge in [0, 0.05) is 35.0 Å². The third-order valence-electron chi connectivity index (χ3n) is 5.52. The van der Waals surface area contributed by atoms with Crippen molar-refractivity contribution in [1.82, 2.24) is 10.3 Å². The fraction of sp³-hybridized carbons (Fsp3) is 0.222. The second-order valence-electron chi connectivity index (χ2n) is 8.12. The van der Waals surface area contributed by atoms with Gasteiger partial charge in [-0.2, -0.15) is 0 Å². The van der Waals surface area contributed by atoms with Crippen LogP contribution in [0, 0.1) is 0 Å². The SMILES string of the molecule is COc1ccc(NC(=O)Nc2ccc(CCNC[C@H](O)COc3cccc4[nH]ccc34)cc2)cc1. The van der Waals surface area contributed by atoms with Gasteiger partial charge in [0.05, 0.1) is 7.11 Å². The van der Waals surface area contributed by atoms with Gasteiger partial charge in [0.25, 0.3) is 0 Å². The number of rotatable bonds is 11. The second kappa shape index (κ2) is 11.9. The van der Waals surface area contributed by atoms with Gasteiger partial charge in [0.15, 0.2) is 0 Å². The third kappa shape index (κ3) is 6.99. The molecule has 182 valence electrons. The first kappa shape index (κ1) is 24.1. The summed E-state index contributed by atoms with van der Waals surface area (Å²) in [6, 6.07) is 22.3. The first-order chi connectivity index (χ1) is 17.1. The lowest BCUT2D eigenvalue weighted by Gasteiger charge is -2.14. The number of aromatic nitrogens is 1.